The molecule has 3 rings (SSSR count). The Morgan fingerprint density at radius 1 is 1.29 bits per heavy atom. The lowest BCUT2D eigenvalue weighted by Gasteiger charge is -2.19. The number of nitrogens with zero attached hydrogens (tertiary/aromatic N) is 2. The Hall–Kier alpha value is -2.28. The van der Waals surface area contributed by atoms with Crippen molar-refractivity contribution < 1.29 is 4.79 Å². The van der Waals surface area contributed by atoms with Crippen LogP contribution in [0.3, 0.4) is 0 Å². The lowest BCUT2D eigenvalue weighted by Crippen LogP contribution is -2.39. The molecule has 1 saturated heterocycles. The standard InChI is InChI=1S/C17H19BrN4O2/c1-21-10-13(9-15(18)16(21)23)20-17(24)19-12-7-8-22(11-12)14-5-3-2-4-6-14/h2-6,9-10,12H,7-8,11H2,1H3,(H2,19,20,24)/t12-/m0/s1. The van der Waals surface area contributed by atoms with Crippen molar-refractivity contribution in [1.82, 2.24) is 9.88 Å². The second kappa shape index (κ2) is 7.09. The fourth-order valence-electron chi connectivity index (χ4n) is 2.84. The molecule has 1 aromatic carbocycles. The molecule has 1 aromatic heterocycles. The van der Waals surface area contributed by atoms with Crippen LogP contribution < -0.4 is 21.1 Å². The van der Waals surface area contributed by atoms with Crippen molar-refractivity contribution in [3.05, 3.63) is 57.4 Å². The number of aromatic nitrogens is 1. The number of amides is 2. The quantitative estimate of drug-likeness (QED) is 0.845. The average Bonchev–Trinajstić information content (AvgIpc) is 3.01. The molecule has 0 radical (unpaired) electrons. The van der Waals surface area contributed by atoms with Gasteiger partial charge in [-0.25, -0.2) is 4.79 Å². The van der Waals surface area contributed by atoms with Gasteiger partial charge in [0.2, 0.25) is 0 Å². The molecule has 0 aliphatic carbocycles. The SMILES string of the molecule is Cn1cc(NC(=O)N[C@H]2CCN(c3ccccc3)C2)cc(Br)c1=O. The Balaban J connectivity index is 1.57. The van der Waals surface area contributed by atoms with Gasteiger partial charge < -0.3 is 20.1 Å². The molecule has 24 heavy (non-hydrogen) atoms. The molecule has 0 spiro atoms. The zero-order valence-electron chi connectivity index (χ0n) is 13.3. The molecule has 6 nitrogen and oxygen atoms in total. The molecule has 1 fully saturated rings. The number of hydrogen-bond donors (Lipinski definition) is 2. The maximum Gasteiger partial charge on any atom is 0.319 e. The summed E-state index contributed by atoms with van der Waals surface area (Å²) in [6.45, 7) is 1.70. The van der Waals surface area contributed by atoms with E-state index in [1.807, 2.05) is 18.2 Å². The zero-order valence-corrected chi connectivity index (χ0v) is 14.9. The first-order valence-corrected chi connectivity index (χ1v) is 8.56. The molecule has 2 amide bonds. The first kappa shape index (κ1) is 16.6. The number of hydrogen-bond acceptors (Lipinski definition) is 3. The second-order valence-electron chi connectivity index (χ2n) is 5.86. The smallest absolute Gasteiger partial charge is 0.319 e. The van der Waals surface area contributed by atoms with Gasteiger partial charge in [0.1, 0.15) is 0 Å². The lowest BCUT2D eigenvalue weighted by atomic mass is 10.3. The number of benzene rings is 1. The summed E-state index contributed by atoms with van der Waals surface area (Å²) in [6, 6.07) is 11.6. The van der Waals surface area contributed by atoms with E-state index in [0.29, 0.717) is 10.2 Å². The first-order chi connectivity index (χ1) is 11.5. The summed E-state index contributed by atoms with van der Waals surface area (Å²) < 4.78 is 1.84. The number of pyridine rings is 1. The van der Waals surface area contributed by atoms with Gasteiger partial charge in [0.15, 0.2) is 0 Å². The number of urea groups is 1. The van der Waals surface area contributed by atoms with Crippen molar-refractivity contribution in [3.8, 4) is 0 Å². The van der Waals surface area contributed by atoms with Gasteiger partial charge in [-0.3, -0.25) is 4.79 Å². The normalized spacial score (nSPS) is 16.9. The fraction of sp³-hybridized carbons (Fsp3) is 0.294. The van der Waals surface area contributed by atoms with E-state index in [2.05, 4.69) is 43.6 Å². The molecular weight excluding hydrogens is 372 g/mol. The Morgan fingerprint density at radius 3 is 2.75 bits per heavy atom. The number of rotatable bonds is 3. The van der Waals surface area contributed by atoms with Crippen molar-refractivity contribution in [1.29, 1.82) is 0 Å². The van der Waals surface area contributed by atoms with Crippen molar-refractivity contribution in [2.45, 2.75) is 12.5 Å². The van der Waals surface area contributed by atoms with Crippen molar-refractivity contribution in [2.24, 2.45) is 7.05 Å². The number of carbonyl (C=O) groups is 1. The molecule has 1 atom stereocenters. The number of anilines is 2. The Kier molecular flexibility index (Phi) is 4.89. The predicted octanol–water partition coefficient (Wildman–Crippen LogP) is 2.55. The molecule has 2 N–H and O–H groups in total. The van der Waals surface area contributed by atoms with Crippen LogP contribution in [0.1, 0.15) is 6.42 Å². The van der Waals surface area contributed by atoms with E-state index in [4.69, 9.17) is 0 Å². The minimum absolute atomic E-state index is 0.0983. The molecule has 0 bridgehead atoms. The van der Waals surface area contributed by atoms with Crippen LogP contribution in [0.2, 0.25) is 0 Å². The summed E-state index contributed by atoms with van der Waals surface area (Å²) in [5, 5.41) is 5.76. The molecule has 1 aliphatic rings. The van der Waals surface area contributed by atoms with E-state index >= 15 is 0 Å². The van der Waals surface area contributed by atoms with Crippen LogP contribution in [0, 0.1) is 0 Å². The highest BCUT2D eigenvalue weighted by Gasteiger charge is 2.24. The van der Waals surface area contributed by atoms with Gasteiger partial charge in [0, 0.05) is 38.1 Å². The van der Waals surface area contributed by atoms with Gasteiger partial charge in [-0.05, 0) is 40.5 Å². The molecule has 1 aliphatic heterocycles. The predicted molar refractivity (Wildman–Crippen MR) is 98.6 cm³/mol. The third-order valence-electron chi connectivity index (χ3n) is 4.04. The highest BCUT2D eigenvalue weighted by Crippen LogP contribution is 2.19. The molecule has 0 unspecified atom stereocenters. The van der Waals surface area contributed by atoms with E-state index in [-0.39, 0.29) is 17.6 Å². The summed E-state index contributed by atoms with van der Waals surface area (Å²) in [5.74, 6) is 0. The van der Waals surface area contributed by atoms with Gasteiger partial charge in [0.25, 0.3) is 5.56 Å². The van der Waals surface area contributed by atoms with Gasteiger partial charge in [-0.15, -0.1) is 0 Å². The van der Waals surface area contributed by atoms with Crippen LogP contribution in [0.15, 0.2) is 51.9 Å². The fourth-order valence-corrected chi connectivity index (χ4v) is 3.37. The van der Waals surface area contributed by atoms with Crippen LogP contribution in [-0.2, 0) is 7.05 Å². The van der Waals surface area contributed by atoms with Gasteiger partial charge in [0.05, 0.1) is 10.2 Å². The monoisotopic (exact) mass is 390 g/mol. The van der Waals surface area contributed by atoms with Gasteiger partial charge in [-0.2, -0.15) is 0 Å². The van der Waals surface area contributed by atoms with E-state index in [1.165, 1.54) is 10.3 Å². The van der Waals surface area contributed by atoms with Gasteiger partial charge in [-0.1, -0.05) is 18.2 Å². The molecule has 126 valence electrons. The Morgan fingerprint density at radius 2 is 2.04 bits per heavy atom. The molecule has 7 heteroatoms. The van der Waals surface area contributed by atoms with Crippen molar-refractivity contribution in [3.63, 3.8) is 0 Å². The number of para-hydroxylation sites is 1. The molecular formula is C17H19BrN4O2. The number of halogens is 1. The lowest BCUT2D eigenvalue weighted by molar-refractivity contribution is 0.249. The van der Waals surface area contributed by atoms with E-state index in [1.54, 1.807) is 19.3 Å². The highest BCUT2D eigenvalue weighted by molar-refractivity contribution is 9.10. The van der Waals surface area contributed by atoms with Crippen LogP contribution in [0.5, 0.6) is 0 Å². The summed E-state index contributed by atoms with van der Waals surface area (Å²) >= 11 is 3.20. The second-order valence-corrected chi connectivity index (χ2v) is 6.71. The summed E-state index contributed by atoms with van der Waals surface area (Å²) in [7, 11) is 1.64. The zero-order chi connectivity index (χ0) is 17.1. The third-order valence-corrected chi connectivity index (χ3v) is 4.61. The summed E-state index contributed by atoms with van der Waals surface area (Å²) in [4.78, 5) is 26.1. The highest BCUT2D eigenvalue weighted by atomic mass is 79.9. The van der Waals surface area contributed by atoms with E-state index in [0.717, 1.165) is 19.5 Å². The van der Waals surface area contributed by atoms with Crippen LogP contribution in [0.4, 0.5) is 16.2 Å². The number of aryl methyl sites for hydroxylation is 1. The van der Waals surface area contributed by atoms with Gasteiger partial charge >= 0.3 is 6.03 Å². The van der Waals surface area contributed by atoms with Crippen molar-refractivity contribution in [2.75, 3.05) is 23.3 Å². The Bertz CT molecular complexity index is 765. The number of nitrogens with one attached hydrogen (secondary N) is 2. The average molecular weight is 391 g/mol. The molecule has 2 aromatic rings. The first-order valence-electron chi connectivity index (χ1n) is 7.76. The van der Waals surface area contributed by atoms with Crippen LogP contribution in [-0.4, -0.2) is 29.7 Å². The van der Waals surface area contributed by atoms with Crippen molar-refractivity contribution >= 4 is 33.3 Å². The topological polar surface area (TPSA) is 66.4 Å². The van der Waals surface area contributed by atoms with E-state index < -0.39 is 0 Å². The maximum absolute atomic E-state index is 12.2. The minimum Gasteiger partial charge on any atom is -0.369 e. The molecule has 2 heterocycles. The summed E-state index contributed by atoms with van der Waals surface area (Å²) in [6.07, 6.45) is 2.50. The molecule has 0 saturated carbocycles. The van der Waals surface area contributed by atoms with Crippen LogP contribution >= 0.6 is 15.9 Å². The Labute approximate surface area is 148 Å². The number of carbonyl (C=O) groups excluding carboxylic acids is 1. The summed E-state index contributed by atoms with van der Waals surface area (Å²) in [5.41, 5.74) is 1.60. The maximum atomic E-state index is 12.2. The van der Waals surface area contributed by atoms with E-state index in [9.17, 15) is 9.59 Å². The third kappa shape index (κ3) is 3.79. The largest absolute Gasteiger partial charge is 0.369 e. The van der Waals surface area contributed by atoms with Crippen LogP contribution in [0.25, 0.3) is 0 Å². The minimum atomic E-state index is -0.263.